The van der Waals surface area contributed by atoms with Gasteiger partial charge >= 0.3 is 0 Å². The topological polar surface area (TPSA) is 80.9 Å². The fourth-order valence-corrected chi connectivity index (χ4v) is 5.36. The lowest BCUT2D eigenvalue weighted by atomic mass is 9.68. The molecule has 0 aliphatic carbocycles. The Hall–Kier alpha value is -3.92. The van der Waals surface area contributed by atoms with Crippen LogP contribution in [0.15, 0.2) is 84.9 Å². The van der Waals surface area contributed by atoms with Crippen LogP contribution in [0.2, 0.25) is 0 Å². The van der Waals surface area contributed by atoms with Gasteiger partial charge in [-0.25, -0.2) is 0 Å². The number of aromatic hydroxyl groups is 4. The zero-order valence-corrected chi connectivity index (χ0v) is 22.0. The predicted octanol–water partition coefficient (Wildman–Crippen LogP) is 7.61. The predicted molar refractivity (Wildman–Crippen MR) is 149 cm³/mol. The van der Waals surface area contributed by atoms with E-state index in [0.29, 0.717) is 0 Å². The maximum atomic E-state index is 10.2. The van der Waals surface area contributed by atoms with Gasteiger partial charge in [0, 0.05) is 10.8 Å². The molecule has 4 aromatic rings. The first-order valence-corrected chi connectivity index (χ1v) is 12.7. The lowest BCUT2D eigenvalue weighted by molar-refractivity contribution is 0.422. The van der Waals surface area contributed by atoms with E-state index in [1.165, 1.54) is 0 Å². The molecule has 0 fully saturated rings. The van der Waals surface area contributed by atoms with Crippen molar-refractivity contribution in [2.45, 2.75) is 57.8 Å². The van der Waals surface area contributed by atoms with Crippen LogP contribution < -0.4 is 0 Å². The molecule has 0 spiro atoms. The molecule has 0 aliphatic heterocycles. The zero-order chi connectivity index (χ0) is 26.8. The van der Waals surface area contributed by atoms with Gasteiger partial charge in [0.25, 0.3) is 0 Å². The molecule has 37 heavy (non-hydrogen) atoms. The van der Waals surface area contributed by atoms with Crippen LogP contribution in [0, 0.1) is 13.8 Å². The van der Waals surface area contributed by atoms with E-state index >= 15 is 0 Å². The van der Waals surface area contributed by atoms with Crippen LogP contribution >= 0.6 is 0 Å². The summed E-state index contributed by atoms with van der Waals surface area (Å²) >= 11 is 0. The van der Waals surface area contributed by atoms with Crippen LogP contribution in [0.1, 0.15) is 66.5 Å². The Kier molecular flexibility index (Phi) is 7.22. The van der Waals surface area contributed by atoms with Gasteiger partial charge < -0.3 is 20.4 Å². The SMILES string of the molecule is Cc1cc(C(C)(CCCC(C)(c2ccc(O)cc2)c2ccc(O)cc2)c2ccc(O)c(C)c2)ccc1O. The van der Waals surface area contributed by atoms with Gasteiger partial charge in [0.05, 0.1) is 0 Å². The maximum Gasteiger partial charge on any atom is 0.118 e. The monoisotopic (exact) mass is 496 g/mol. The van der Waals surface area contributed by atoms with Crippen molar-refractivity contribution in [1.29, 1.82) is 0 Å². The van der Waals surface area contributed by atoms with E-state index < -0.39 is 0 Å². The second-order valence-electron chi connectivity index (χ2n) is 10.6. The Labute approximate surface area is 219 Å². The molecule has 0 amide bonds. The van der Waals surface area contributed by atoms with E-state index in [9.17, 15) is 20.4 Å². The highest BCUT2D eigenvalue weighted by atomic mass is 16.3. The van der Waals surface area contributed by atoms with Crippen LogP contribution in [0.3, 0.4) is 0 Å². The number of hydrogen-bond donors (Lipinski definition) is 4. The lowest BCUT2D eigenvalue weighted by Crippen LogP contribution is -2.27. The van der Waals surface area contributed by atoms with Gasteiger partial charge in [0.15, 0.2) is 0 Å². The van der Waals surface area contributed by atoms with Gasteiger partial charge in [0.1, 0.15) is 23.0 Å². The molecule has 192 valence electrons. The van der Waals surface area contributed by atoms with Crippen molar-refractivity contribution in [3.63, 3.8) is 0 Å². The summed E-state index contributed by atoms with van der Waals surface area (Å²) in [6.45, 7) is 8.25. The Balaban J connectivity index is 1.71. The highest BCUT2D eigenvalue weighted by molar-refractivity contribution is 5.47. The summed E-state index contributed by atoms with van der Waals surface area (Å²) in [6.07, 6.45) is 2.56. The van der Waals surface area contributed by atoms with E-state index in [1.54, 1.807) is 36.4 Å². The molecule has 0 heterocycles. The first-order chi connectivity index (χ1) is 17.5. The summed E-state index contributed by atoms with van der Waals surface area (Å²) in [4.78, 5) is 0. The van der Waals surface area contributed by atoms with Crippen molar-refractivity contribution in [2.24, 2.45) is 0 Å². The summed E-state index contributed by atoms with van der Waals surface area (Å²) in [5, 5.41) is 40.1. The summed E-state index contributed by atoms with van der Waals surface area (Å²) in [6, 6.07) is 26.3. The van der Waals surface area contributed by atoms with E-state index in [1.807, 2.05) is 50.2 Å². The maximum absolute atomic E-state index is 10.2. The van der Waals surface area contributed by atoms with E-state index in [2.05, 4.69) is 26.0 Å². The molecule has 0 aromatic heterocycles. The highest BCUT2D eigenvalue weighted by Crippen LogP contribution is 2.43. The Morgan fingerprint density at radius 3 is 1.16 bits per heavy atom. The molecule has 0 unspecified atom stereocenters. The van der Waals surface area contributed by atoms with Crippen LogP contribution in [0.25, 0.3) is 0 Å². The van der Waals surface area contributed by atoms with Crippen molar-refractivity contribution in [3.8, 4) is 23.0 Å². The zero-order valence-electron chi connectivity index (χ0n) is 22.0. The minimum atomic E-state index is -0.345. The van der Waals surface area contributed by atoms with E-state index in [0.717, 1.165) is 52.6 Å². The normalized spacial score (nSPS) is 12.0. The van der Waals surface area contributed by atoms with Crippen molar-refractivity contribution in [3.05, 3.63) is 118 Å². The van der Waals surface area contributed by atoms with Crippen molar-refractivity contribution in [2.75, 3.05) is 0 Å². The molecule has 0 bridgehead atoms. The summed E-state index contributed by atoms with van der Waals surface area (Å²) in [7, 11) is 0. The average molecular weight is 497 g/mol. The van der Waals surface area contributed by atoms with Gasteiger partial charge in [0.2, 0.25) is 0 Å². The number of benzene rings is 4. The highest BCUT2D eigenvalue weighted by Gasteiger charge is 2.33. The average Bonchev–Trinajstić information content (AvgIpc) is 2.87. The first-order valence-electron chi connectivity index (χ1n) is 12.7. The fourth-order valence-electron chi connectivity index (χ4n) is 5.36. The third kappa shape index (κ3) is 5.29. The summed E-state index contributed by atoms with van der Waals surface area (Å²) < 4.78 is 0. The summed E-state index contributed by atoms with van der Waals surface area (Å²) in [5.41, 5.74) is 5.40. The van der Waals surface area contributed by atoms with Gasteiger partial charge in [-0.05, 0) is 96.5 Å². The number of phenols is 4. The lowest BCUT2D eigenvalue weighted by Gasteiger charge is -2.35. The molecular formula is C33H36O4. The first kappa shape index (κ1) is 26.2. The van der Waals surface area contributed by atoms with Crippen LogP contribution in [-0.2, 0) is 10.8 Å². The largest absolute Gasteiger partial charge is 0.508 e. The number of hydrogen-bond acceptors (Lipinski definition) is 4. The van der Waals surface area contributed by atoms with Gasteiger partial charge in [-0.15, -0.1) is 0 Å². The second kappa shape index (κ2) is 10.2. The van der Waals surface area contributed by atoms with E-state index in [-0.39, 0.29) is 33.8 Å². The van der Waals surface area contributed by atoms with Crippen LogP contribution in [0.5, 0.6) is 23.0 Å². The minimum Gasteiger partial charge on any atom is -0.508 e. The molecule has 0 atom stereocenters. The summed E-state index contributed by atoms with van der Waals surface area (Å²) in [5.74, 6) is 1.02. The molecule has 4 aromatic carbocycles. The van der Waals surface area contributed by atoms with Crippen LogP contribution in [-0.4, -0.2) is 20.4 Å². The molecule has 4 rings (SSSR count). The Morgan fingerprint density at radius 1 is 0.486 bits per heavy atom. The molecular weight excluding hydrogens is 460 g/mol. The Bertz CT molecular complexity index is 1270. The molecule has 4 nitrogen and oxygen atoms in total. The van der Waals surface area contributed by atoms with E-state index in [4.69, 9.17) is 0 Å². The second-order valence-corrected chi connectivity index (χ2v) is 10.6. The van der Waals surface area contributed by atoms with Gasteiger partial charge in [-0.3, -0.25) is 0 Å². The molecule has 0 aliphatic rings. The van der Waals surface area contributed by atoms with Crippen molar-refractivity contribution < 1.29 is 20.4 Å². The fraction of sp³-hybridized carbons (Fsp3) is 0.273. The standard InChI is InChI=1S/C33H36O4/c1-22-20-26(10-16-30(22)36)33(4,27-11-17-31(37)23(2)21-27)19-5-18-32(3,24-6-12-28(34)13-7-24)25-8-14-29(35)15-9-25/h6-17,20-21,34-37H,5,18-19H2,1-4H3. The van der Waals surface area contributed by atoms with Gasteiger partial charge in [-0.1, -0.05) is 68.8 Å². The molecule has 0 radical (unpaired) electrons. The molecule has 4 N–H and O–H groups in total. The number of rotatable bonds is 8. The Morgan fingerprint density at radius 2 is 0.811 bits per heavy atom. The smallest absolute Gasteiger partial charge is 0.118 e. The molecule has 4 heteroatoms. The van der Waals surface area contributed by atoms with Crippen molar-refractivity contribution in [1.82, 2.24) is 0 Å². The minimum absolute atomic E-state index is 0.231. The third-order valence-electron chi connectivity index (χ3n) is 8.03. The van der Waals surface area contributed by atoms with Crippen molar-refractivity contribution >= 4 is 0 Å². The van der Waals surface area contributed by atoms with Crippen LogP contribution in [0.4, 0.5) is 0 Å². The number of phenolic OH excluding ortho intramolecular Hbond substituents is 4. The number of aryl methyl sites for hydroxylation is 2. The molecule has 0 saturated carbocycles. The van der Waals surface area contributed by atoms with Gasteiger partial charge in [-0.2, -0.15) is 0 Å². The molecule has 0 saturated heterocycles. The third-order valence-corrected chi connectivity index (χ3v) is 8.03. The quantitative estimate of drug-likeness (QED) is 0.202.